The summed E-state index contributed by atoms with van der Waals surface area (Å²) in [5, 5.41) is 0. The Morgan fingerprint density at radius 3 is 1.81 bits per heavy atom. The lowest BCUT2D eigenvalue weighted by molar-refractivity contribution is 0.0554. The van der Waals surface area contributed by atoms with E-state index in [0.29, 0.717) is 26.4 Å². The molecule has 0 aliphatic carbocycles. The second kappa shape index (κ2) is 10.1. The highest BCUT2D eigenvalue weighted by Crippen LogP contribution is 1.92. The van der Waals surface area contributed by atoms with Crippen LogP contribution >= 0.6 is 0 Å². The predicted molar refractivity (Wildman–Crippen MR) is 55.2 cm³/mol. The smallest absolute Gasteiger partial charge is 0.434 e. The largest absolute Gasteiger partial charge is 0.508 e. The molecule has 1 heterocycles. The summed E-state index contributed by atoms with van der Waals surface area (Å²) >= 11 is 0. The SMILES string of the molecule is CCCOC(=O)OCCC.O=C1OCCO1. The molecule has 16 heavy (non-hydrogen) atoms. The maximum atomic E-state index is 10.5. The van der Waals surface area contributed by atoms with E-state index in [2.05, 4.69) is 18.9 Å². The van der Waals surface area contributed by atoms with Crippen LogP contribution in [0.5, 0.6) is 0 Å². The quantitative estimate of drug-likeness (QED) is 0.694. The van der Waals surface area contributed by atoms with Crippen molar-refractivity contribution >= 4 is 12.3 Å². The lowest BCUT2D eigenvalue weighted by Crippen LogP contribution is -2.08. The molecule has 0 aromatic heterocycles. The van der Waals surface area contributed by atoms with Gasteiger partial charge in [-0.1, -0.05) is 13.8 Å². The van der Waals surface area contributed by atoms with E-state index in [4.69, 9.17) is 0 Å². The van der Waals surface area contributed by atoms with Crippen molar-refractivity contribution in [1.29, 1.82) is 0 Å². The number of ether oxygens (including phenoxy) is 4. The molecule has 0 unspecified atom stereocenters. The Balaban J connectivity index is 0.000000315. The zero-order chi connectivity index (χ0) is 12.2. The summed E-state index contributed by atoms with van der Waals surface area (Å²) in [6.07, 6.45) is 0.571. The number of carbonyl (C=O) groups excluding carboxylic acids is 2. The van der Waals surface area contributed by atoms with Crippen molar-refractivity contribution in [3.63, 3.8) is 0 Å². The second-order valence-electron chi connectivity index (χ2n) is 2.89. The highest BCUT2D eigenvalue weighted by molar-refractivity contribution is 5.61. The zero-order valence-electron chi connectivity index (χ0n) is 9.69. The lowest BCUT2D eigenvalue weighted by atomic mass is 10.5. The minimum atomic E-state index is -0.552. The molecule has 1 aliphatic rings. The molecular formula is C10H18O6. The molecule has 0 amide bonds. The van der Waals surface area contributed by atoms with E-state index >= 15 is 0 Å². The van der Waals surface area contributed by atoms with Crippen molar-refractivity contribution in [3.8, 4) is 0 Å². The van der Waals surface area contributed by atoms with Gasteiger partial charge in [-0.15, -0.1) is 0 Å². The maximum absolute atomic E-state index is 10.5. The molecule has 1 rings (SSSR count). The van der Waals surface area contributed by atoms with Gasteiger partial charge in [0.25, 0.3) is 0 Å². The zero-order valence-corrected chi connectivity index (χ0v) is 9.69. The first-order valence-corrected chi connectivity index (χ1v) is 5.29. The van der Waals surface area contributed by atoms with Gasteiger partial charge in [0.05, 0.1) is 13.2 Å². The lowest BCUT2D eigenvalue weighted by Gasteiger charge is -2.02. The third-order valence-electron chi connectivity index (χ3n) is 1.37. The molecule has 0 bridgehead atoms. The van der Waals surface area contributed by atoms with E-state index in [1.165, 1.54) is 0 Å². The van der Waals surface area contributed by atoms with Crippen LogP contribution in [0.25, 0.3) is 0 Å². The van der Waals surface area contributed by atoms with Crippen molar-refractivity contribution in [2.75, 3.05) is 26.4 Å². The van der Waals surface area contributed by atoms with Crippen LogP contribution in [0.4, 0.5) is 9.59 Å². The van der Waals surface area contributed by atoms with E-state index < -0.39 is 12.3 Å². The molecule has 1 saturated heterocycles. The fourth-order valence-corrected chi connectivity index (χ4v) is 0.704. The standard InChI is InChI=1S/C7H14O3.C3H4O3/c1-3-5-9-7(8)10-6-4-2;4-3-5-1-2-6-3/h3-6H2,1-2H3;1-2H2. The van der Waals surface area contributed by atoms with Gasteiger partial charge in [-0.25, -0.2) is 9.59 Å². The second-order valence-corrected chi connectivity index (χ2v) is 2.89. The van der Waals surface area contributed by atoms with Crippen LogP contribution in [0.2, 0.25) is 0 Å². The van der Waals surface area contributed by atoms with Gasteiger partial charge in [0.2, 0.25) is 0 Å². The number of cyclic esters (lactones) is 2. The first-order valence-electron chi connectivity index (χ1n) is 5.29. The average Bonchev–Trinajstić information content (AvgIpc) is 2.75. The Hall–Kier alpha value is -1.46. The van der Waals surface area contributed by atoms with Gasteiger partial charge in [-0.3, -0.25) is 0 Å². The molecule has 1 fully saturated rings. The van der Waals surface area contributed by atoms with Crippen molar-refractivity contribution in [1.82, 2.24) is 0 Å². The van der Waals surface area contributed by atoms with Gasteiger partial charge in [-0.05, 0) is 12.8 Å². The van der Waals surface area contributed by atoms with Gasteiger partial charge in [0.15, 0.2) is 0 Å². The molecule has 0 aromatic carbocycles. The molecule has 0 radical (unpaired) electrons. The molecule has 0 N–H and O–H groups in total. The monoisotopic (exact) mass is 234 g/mol. The maximum Gasteiger partial charge on any atom is 0.508 e. The molecule has 0 saturated carbocycles. The molecule has 0 spiro atoms. The van der Waals surface area contributed by atoms with Crippen molar-refractivity contribution in [2.45, 2.75) is 26.7 Å². The van der Waals surface area contributed by atoms with E-state index in [1.54, 1.807) is 0 Å². The number of rotatable bonds is 4. The van der Waals surface area contributed by atoms with E-state index in [9.17, 15) is 9.59 Å². The number of hydrogen-bond acceptors (Lipinski definition) is 6. The Morgan fingerprint density at radius 2 is 1.56 bits per heavy atom. The minimum Gasteiger partial charge on any atom is -0.434 e. The van der Waals surface area contributed by atoms with Crippen LogP contribution in [-0.2, 0) is 18.9 Å². The van der Waals surface area contributed by atoms with E-state index in [0.717, 1.165) is 12.8 Å². The topological polar surface area (TPSA) is 71.1 Å². The average molecular weight is 234 g/mol. The predicted octanol–water partition coefficient (Wildman–Crippen LogP) is 2.11. The first-order chi connectivity index (χ1) is 7.70. The summed E-state index contributed by atoms with van der Waals surface area (Å²) in [4.78, 5) is 20.3. The van der Waals surface area contributed by atoms with E-state index in [-0.39, 0.29) is 0 Å². The Bertz CT molecular complexity index is 185. The molecule has 6 heteroatoms. The molecule has 94 valence electrons. The Labute approximate surface area is 94.8 Å². The van der Waals surface area contributed by atoms with E-state index in [1.807, 2.05) is 13.8 Å². The van der Waals surface area contributed by atoms with Crippen LogP contribution in [0.3, 0.4) is 0 Å². The molecular weight excluding hydrogens is 216 g/mol. The fraction of sp³-hybridized carbons (Fsp3) is 0.800. The van der Waals surface area contributed by atoms with Crippen molar-refractivity contribution in [2.24, 2.45) is 0 Å². The van der Waals surface area contributed by atoms with Gasteiger partial charge in [-0.2, -0.15) is 0 Å². The van der Waals surface area contributed by atoms with Gasteiger partial charge < -0.3 is 18.9 Å². The molecule has 1 aliphatic heterocycles. The molecule has 0 atom stereocenters. The van der Waals surface area contributed by atoms with Gasteiger partial charge in [0.1, 0.15) is 13.2 Å². The summed E-state index contributed by atoms with van der Waals surface area (Å²) in [7, 11) is 0. The Morgan fingerprint density at radius 1 is 1.12 bits per heavy atom. The van der Waals surface area contributed by atoms with Crippen LogP contribution in [0.15, 0.2) is 0 Å². The Kier molecular flexibility index (Phi) is 9.15. The summed E-state index contributed by atoms with van der Waals surface area (Å²) in [5.41, 5.74) is 0. The van der Waals surface area contributed by atoms with Crippen molar-refractivity contribution in [3.05, 3.63) is 0 Å². The van der Waals surface area contributed by atoms with Crippen LogP contribution in [-0.4, -0.2) is 38.7 Å². The normalized spacial score (nSPS) is 13.0. The minimum absolute atomic E-state index is 0.416. The third-order valence-corrected chi connectivity index (χ3v) is 1.37. The molecule has 0 aromatic rings. The van der Waals surface area contributed by atoms with Crippen molar-refractivity contribution < 1.29 is 28.5 Å². The summed E-state index contributed by atoms with van der Waals surface area (Å²) < 4.78 is 17.8. The van der Waals surface area contributed by atoms with Crippen LogP contribution in [0, 0.1) is 0 Å². The summed E-state index contributed by atoms with van der Waals surface area (Å²) in [6, 6.07) is 0. The van der Waals surface area contributed by atoms with Crippen LogP contribution < -0.4 is 0 Å². The van der Waals surface area contributed by atoms with Gasteiger partial charge in [0, 0.05) is 0 Å². The third kappa shape index (κ3) is 9.11. The highest BCUT2D eigenvalue weighted by atomic mass is 16.8. The summed E-state index contributed by atoms with van der Waals surface area (Å²) in [5.74, 6) is 0. The molecule has 6 nitrogen and oxygen atoms in total. The first kappa shape index (κ1) is 14.5. The number of carbonyl (C=O) groups is 2. The highest BCUT2D eigenvalue weighted by Gasteiger charge is 2.09. The fourth-order valence-electron chi connectivity index (χ4n) is 0.704. The summed E-state index contributed by atoms with van der Waals surface area (Å²) in [6.45, 7) is 5.60. The van der Waals surface area contributed by atoms with Crippen LogP contribution in [0.1, 0.15) is 26.7 Å². The van der Waals surface area contributed by atoms with Gasteiger partial charge >= 0.3 is 12.3 Å². The number of hydrogen-bond donors (Lipinski definition) is 0.